The maximum atomic E-state index is 12.2. The summed E-state index contributed by atoms with van der Waals surface area (Å²) >= 11 is 0. The summed E-state index contributed by atoms with van der Waals surface area (Å²) in [6.45, 7) is 3.57. The molecule has 0 aliphatic rings. The van der Waals surface area contributed by atoms with Gasteiger partial charge in [0.05, 0.1) is 30.5 Å². The zero-order valence-electron chi connectivity index (χ0n) is 14.1. The van der Waals surface area contributed by atoms with Crippen LogP contribution < -0.4 is 4.74 Å². The first-order valence-electron chi connectivity index (χ1n) is 7.51. The number of rotatable bonds is 5. The fourth-order valence-electron chi connectivity index (χ4n) is 2.04. The lowest BCUT2D eigenvalue weighted by atomic mass is 10.2. The predicted molar refractivity (Wildman–Crippen MR) is 87.7 cm³/mol. The van der Waals surface area contributed by atoms with Crippen molar-refractivity contribution in [1.82, 2.24) is 4.98 Å². The summed E-state index contributed by atoms with van der Waals surface area (Å²) in [4.78, 5) is 39.3. The highest BCUT2D eigenvalue weighted by atomic mass is 16.5. The molecule has 25 heavy (non-hydrogen) atoms. The van der Waals surface area contributed by atoms with Crippen molar-refractivity contribution in [1.29, 1.82) is 0 Å². The molecule has 2 rings (SSSR count). The van der Waals surface area contributed by atoms with Gasteiger partial charge in [0.2, 0.25) is 0 Å². The van der Waals surface area contributed by atoms with Crippen LogP contribution in [0.15, 0.2) is 36.4 Å². The van der Waals surface area contributed by atoms with Gasteiger partial charge in [0, 0.05) is 0 Å². The minimum atomic E-state index is -0.677. The van der Waals surface area contributed by atoms with E-state index >= 15 is 0 Å². The molecule has 1 aromatic heterocycles. The molecule has 0 aliphatic carbocycles. The van der Waals surface area contributed by atoms with E-state index in [0.29, 0.717) is 16.8 Å². The molecule has 0 N–H and O–H groups in total. The third-order valence-corrected chi connectivity index (χ3v) is 3.28. The molecule has 0 saturated carbocycles. The molecule has 7 nitrogen and oxygen atoms in total. The normalized spacial score (nSPS) is 10.0. The summed E-state index contributed by atoms with van der Waals surface area (Å²) in [5, 5.41) is 0. The van der Waals surface area contributed by atoms with E-state index in [2.05, 4.69) is 9.72 Å². The molecule has 130 valence electrons. The molecule has 0 saturated heterocycles. The number of methoxy groups -OCH3 is 1. The third kappa shape index (κ3) is 4.41. The van der Waals surface area contributed by atoms with Gasteiger partial charge in [-0.15, -0.1) is 0 Å². The van der Waals surface area contributed by atoms with E-state index in [0.717, 1.165) is 0 Å². The highest BCUT2D eigenvalue weighted by Gasteiger charge is 2.16. The summed E-state index contributed by atoms with van der Waals surface area (Å²) < 4.78 is 14.7. The monoisotopic (exact) mass is 343 g/mol. The first-order chi connectivity index (χ1) is 12.0. The van der Waals surface area contributed by atoms with Gasteiger partial charge in [-0.3, -0.25) is 0 Å². The average Bonchev–Trinajstić information content (AvgIpc) is 2.61. The standard InChI is InChI=1S/C18H17NO6/c1-4-24-17(21)14-9-10-15(19-11(14)2)18(22)25-13-7-5-12(6-8-13)16(20)23-3/h5-10H,4H2,1-3H3. The minimum Gasteiger partial charge on any atom is -0.465 e. The number of hydrogen-bond donors (Lipinski definition) is 0. The molecular formula is C18H17NO6. The number of benzene rings is 1. The largest absolute Gasteiger partial charge is 0.465 e. The van der Waals surface area contributed by atoms with Crippen LogP contribution in [-0.4, -0.2) is 36.6 Å². The Morgan fingerprint density at radius 2 is 1.64 bits per heavy atom. The Morgan fingerprint density at radius 3 is 2.20 bits per heavy atom. The van der Waals surface area contributed by atoms with Crippen LogP contribution in [0.25, 0.3) is 0 Å². The molecule has 0 radical (unpaired) electrons. The van der Waals surface area contributed by atoms with Gasteiger partial charge >= 0.3 is 17.9 Å². The molecule has 0 bridgehead atoms. The van der Waals surface area contributed by atoms with Gasteiger partial charge in [-0.05, 0) is 50.2 Å². The lowest BCUT2D eigenvalue weighted by Crippen LogP contribution is -2.14. The molecular weight excluding hydrogens is 326 g/mol. The van der Waals surface area contributed by atoms with Crippen molar-refractivity contribution in [2.45, 2.75) is 13.8 Å². The van der Waals surface area contributed by atoms with Crippen molar-refractivity contribution in [2.24, 2.45) is 0 Å². The van der Waals surface area contributed by atoms with Crippen molar-refractivity contribution < 1.29 is 28.6 Å². The summed E-state index contributed by atoms with van der Waals surface area (Å²) in [5.41, 5.74) is 1.06. The second kappa shape index (κ2) is 8.05. The number of carbonyl (C=O) groups excluding carboxylic acids is 3. The number of ether oxygens (including phenoxy) is 3. The van der Waals surface area contributed by atoms with E-state index < -0.39 is 17.9 Å². The zero-order chi connectivity index (χ0) is 18.4. The van der Waals surface area contributed by atoms with Gasteiger partial charge in [-0.1, -0.05) is 0 Å². The van der Waals surface area contributed by atoms with E-state index in [1.165, 1.54) is 43.5 Å². The highest BCUT2D eigenvalue weighted by Crippen LogP contribution is 2.15. The number of aromatic nitrogens is 1. The summed E-state index contributed by atoms with van der Waals surface area (Å²) in [7, 11) is 1.28. The lowest BCUT2D eigenvalue weighted by Gasteiger charge is -2.08. The lowest BCUT2D eigenvalue weighted by molar-refractivity contribution is 0.0522. The van der Waals surface area contributed by atoms with Crippen molar-refractivity contribution >= 4 is 17.9 Å². The Balaban J connectivity index is 2.11. The van der Waals surface area contributed by atoms with Crippen LogP contribution in [0.4, 0.5) is 0 Å². The van der Waals surface area contributed by atoms with E-state index in [1.54, 1.807) is 13.8 Å². The molecule has 0 fully saturated rings. The SMILES string of the molecule is CCOC(=O)c1ccc(C(=O)Oc2ccc(C(=O)OC)cc2)nc1C. The number of esters is 3. The molecule has 1 heterocycles. The van der Waals surface area contributed by atoms with Crippen molar-refractivity contribution in [3.05, 3.63) is 58.9 Å². The zero-order valence-corrected chi connectivity index (χ0v) is 14.1. The topological polar surface area (TPSA) is 91.8 Å². The first-order valence-corrected chi connectivity index (χ1v) is 7.51. The summed E-state index contributed by atoms with van der Waals surface area (Å²) in [6, 6.07) is 8.78. The first kappa shape index (κ1) is 18.1. The number of hydrogen-bond acceptors (Lipinski definition) is 7. The maximum Gasteiger partial charge on any atom is 0.362 e. The smallest absolute Gasteiger partial charge is 0.362 e. The van der Waals surface area contributed by atoms with Gasteiger partial charge in [-0.2, -0.15) is 0 Å². The van der Waals surface area contributed by atoms with E-state index in [1.807, 2.05) is 0 Å². The molecule has 0 unspecified atom stereocenters. The van der Waals surface area contributed by atoms with Crippen LogP contribution in [0.3, 0.4) is 0 Å². The minimum absolute atomic E-state index is 0.0580. The average molecular weight is 343 g/mol. The van der Waals surface area contributed by atoms with E-state index in [-0.39, 0.29) is 18.1 Å². The number of pyridine rings is 1. The van der Waals surface area contributed by atoms with Crippen molar-refractivity contribution in [3.63, 3.8) is 0 Å². The Labute approximate surface area is 144 Å². The van der Waals surface area contributed by atoms with E-state index in [4.69, 9.17) is 9.47 Å². The molecule has 0 atom stereocenters. The van der Waals surface area contributed by atoms with Gasteiger partial charge < -0.3 is 14.2 Å². The Morgan fingerprint density at radius 1 is 0.960 bits per heavy atom. The quantitative estimate of drug-likeness (QED) is 0.608. The van der Waals surface area contributed by atoms with Crippen molar-refractivity contribution in [3.8, 4) is 5.75 Å². The fraction of sp³-hybridized carbons (Fsp3) is 0.222. The van der Waals surface area contributed by atoms with Crippen LogP contribution in [0.2, 0.25) is 0 Å². The van der Waals surface area contributed by atoms with Crippen LogP contribution in [0.5, 0.6) is 5.75 Å². The van der Waals surface area contributed by atoms with Crippen LogP contribution in [0, 0.1) is 6.92 Å². The second-order valence-electron chi connectivity index (χ2n) is 4.96. The highest BCUT2D eigenvalue weighted by molar-refractivity contribution is 5.93. The molecule has 0 amide bonds. The van der Waals surface area contributed by atoms with Gasteiger partial charge in [0.1, 0.15) is 11.4 Å². The molecule has 0 spiro atoms. The van der Waals surface area contributed by atoms with Crippen LogP contribution in [-0.2, 0) is 9.47 Å². The summed E-state index contributed by atoms with van der Waals surface area (Å²) in [5.74, 6) is -1.40. The van der Waals surface area contributed by atoms with E-state index in [9.17, 15) is 14.4 Å². The van der Waals surface area contributed by atoms with Gasteiger partial charge in [-0.25, -0.2) is 19.4 Å². The second-order valence-corrected chi connectivity index (χ2v) is 4.96. The Bertz CT molecular complexity index is 798. The fourth-order valence-corrected chi connectivity index (χ4v) is 2.04. The molecule has 1 aromatic carbocycles. The van der Waals surface area contributed by atoms with Gasteiger partial charge in [0.25, 0.3) is 0 Å². The summed E-state index contributed by atoms with van der Waals surface area (Å²) in [6.07, 6.45) is 0. The number of carbonyl (C=O) groups is 3. The molecule has 2 aromatic rings. The maximum absolute atomic E-state index is 12.2. The Kier molecular flexibility index (Phi) is 5.84. The number of aryl methyl sites for hydroxylation is 1. The molecule has 0 aliphatic heterocycles. The van der Waals surface area contributed by atoms with Gasteiger partial charge in [0.15, 0.2) is 0 Å². The predicted octanol–water partition coefficient (Wildman–Crippen LogP) is 2.57. The third-order valence-electron chi connectivity index (χ3n) is 3.28. The van der Waals surface area contributed by atoms with Crippen molar-refractivity contribution in [2.75, 3.05) is 13.7 Å². The number of nitrogens with zero attached hydrogens (tertiary/aromatic N) is 1. The molecule has 7 heteroatoms. The Hall–Kier alpha value is -3.22. The van der Waals surface area contributed by atoms with Crippen LogP contribution in [0.1, 0.15) is 43.8 Å². The van der Waals surface area contributed by atoms with Crippen LogP contribution >= 0.6 is 0 Å².